The minimum atomic E-state index is -0.196. The summed E-state index contributed by atoms with van der Waals surface area (Å²) in [7, 11) is 0. The lowest BCUT2D eigenvalue weighted by molar-refractivity contribution is 0.332. The number of hydrogen-bond donors (Lipinski definition) is 0. The summed E-state index contributed by atoms with van der Waals surface area (Å²) in [6, 6.07) is 50.5. The summed E-state index contributed by atoms with van der Waals surface area (Å²) in [5, 5.41) is 3.71. The van der Waals surface area contributed by atoms with Crippen molar-refractivity contribution in [2.24, 2.45) is 0 Å². The molecule has 0 saturated heterocycles. The quantitative estimate of drug-likeness (QED) is 0.165. The number of aromatic nitrogens is 1. The molecule has 0 N–H and O–H groups in total. The highest BCUT2D eigenvalue weighted by Gasteiger charge is 2.49. The van der Waals surface area contributed by atoms with Crippen LogP contribution in [0.25, 0.3) is 38.5 Å². The van der Waals surface area contributed by atoms with Gasteiger partial charge in [-0.2, -0.15) is 0 Å². The van der Waals surface area contributed by atoms with Crippen LogP contribution in [0.3, 0.4) is 0 Å². The molecule has 0 atom stereocenters. The van der Waals surface area contributed by atoms with E-state index in [1.54, 1.807) is 0 Å². The van der Waals surface area contributed by atoms with Gasteiger partial charge >= 0.3 is 0 Å². The Morgan fingerprint density at radius 3 is 1.48 bits per heavy atom. The smallest absolute Gasteiger partial charge is 0.297 e. The van der Waals surface area contributed by atoms with Gasteiger partial charge in [0.05, 0.1) is 28.1 Å². The van der Waals surface area contributed by atoms with Crippen LogP contribution in [0.5, 0.6) is 0 Å². The predicted octanol–water partition coefficient (Wildman–Crippen LogP) is 18.2. The Bertz CT molecular complexity index is 3880. The molecule has 13 rings (SSSR count). The molecule has 0 bridgehead atoms. The Labute approximate surface area is 460 Å². The molecule has 0 fully saturated rings. The monoisotopic (exact) mass is 1010 g/mol. The van der Waals surface area contributed by atoms with Crippen LogP contribution in [0.2, 0.25) is 0 Å². The van der Waals surface area contributed by atoms with Gasteiger partial charge in [-0.1, -0.05) is 178 Å². The first-order valence-corrected chi connectivity index (χ1v) is 28.9. The van der Waals surface area contributed by atoms with E-state index in [2.05, 4.69) is 259 Å². The number of para-hydroxylation sites is 2. The SMILES string of the molecule is CC(C)(C)c1cc(N2c3ccc(C(C)(C)C)cc3B3c4oc5cc6c(cc5c4N(c4ccc5c(c4)C(C)(C)CCC5(C)C)c4cc(-n5c7ccccc7c7ccccc75)cc2c43)C(C)(C)CCC6(C)C)cc(C(C)(C)C)c1. The van der Waals surface area contributed by atoms with Crippen LogP contribution >= 0.6 is 0 Å². The van der Waals surface area contributed by atoms with Gasteiger partial charge in [-0.05, 0) is 180 Å². The molecule has 77 heavy (non-hydrogen) atoms. The normalized spacial score (nSPS) is 18.1. The molecule has 0 unspecified atom stereocenters. The first-order valence-electron chi connectivity index (χ1n) is 28.9. The summed E-state index contributed by atoms with van der Waals surface area (Å²) in [6.45, 7) is 40.7. The molecular formula is C72H80BN3O. The zero-order valence-electron chi connectivity index (χ0n) is 49.3. The number of nitrogens with zero attached hydrogens (tertiary/aromatic N) is 3. The summed E-state index contributed by atoms with van der Waals surface area (Å²) in [5.74, 6) is 0. The average Bonchev–Trinajstić information content (AvgIpc) is 3.97. The molecule has 4 heterocycles. The topological polar surface area (TPSA) is 24.6 Å². The summed E-state index contributed by atoms with van der Waals surface area (Å²) >= 11 is 0. The largest absolute Gasteiger partial charge is 0.468 e. The third-order valence-corrected chi connectivity index (χ3v) is 19.3. The molecular weight excluding hydrogens is 934 g/mol. The average molecular weight is 1010 g/mol. The number of anilines is 6. The van der Waals surface area contributed by atoms with Gasteiger partial charge in [-0.15, -0.1) is 0 Å². The second kappa shape index (κ2) is 16.1. The van der Waals surface area contributed by atoms with Crippen LogP contribution in [-0.2, 0) is 37.9 Å². The summed E-state index contributed by atoms with van der Waals surface area (Å²) in [5.41, 5.74) is 24.8. The fourth-order valence-corrected chi connectivity index (χ4v) is 14.2. The molecule has 0 amide bonds. The molecule has 4 nitrogen and oxygen atoms in total. The maximum absolute atomic E-state index is 7.81. The number of rotatable bonds is 3. The van der Waals surface area contributed by atoms with E-state index < -0.39 is 0 Å². The number of fused-ring (bicyclic) bond motifs is 11. The van der Waals surface area contributed by atoms with Gasteiger partial charge in [0, 0.05) is 44.6 Å². The van der Waals surface area contributed by atoms with Crippen molar-refractivity contribution in [1.29, 1.82) is 0 Å². The van der Waals surface area contributed by atoms with E-state index in [1.807, 2.05) is 0 Å². The van der Waals surface area contributed by atoms with Crippen molar-refractivity contribution in [3.63, 3.8) is 0 Å². The van der Waals surface area contributed by atoms with Crippen molar-refractivity contribution in [2.75, 3.05) is 9.80 Å². The first kappa shape index (κ1) is 50.1. The van der Waals surface area contributed by atoms with Crippen LogP contribution in [-0.4, -0.2) is 11.3 Å². The van der Waals surface area contributed by atoms with Crippen molar-refractivity contribution in [3.05, 3.63) is 166 Å². The molecule has 5 heteroatoms. The lowest BCUT2D eigenvalue weighted by atomic mass is 9.35. The molecule has 0 saturated carbocycles. The molecule has 2 aromatic heterocycles. The van der Waals surface area contributed by atoms with Crippen molar-refractivity contribution in [2.45, 2.75) is 181 Å². The highest BCUT2D eigenvalue weighted by Crippen LogP contribution is 2.54. The van der Waals surface area contributed by atoms with E-state index in [1.165, 1.54) is 118 Å². The Hall–Kier alpha value is -6.46. The van der Waals surface area contributed by atoms with Gasteiger partial charge in [0.1, 0.15) is 5.58 Å². The molecule has 0 spiro atoms. The maximum atomic E-state index is 7.81. The van der Waals surface area contributed by atoms with Crippen molar-refractivity contribution >= 4 is 90.2 Å². The molecule has 0 radical (unpaired) electrons. The van der Waals surface area contributed by atoms with Gasteiger partial charge in [-0.3, -0.25) is 0 Å². The van der Waals surface area contributed by atoms with Gasteiger partial charge in [-0.25, -0.2) is 0 Å². The Kier molecular flexibility index (Phi) is 10.5. The van der Waals surface area contributed by atoms with Crippen molar-refractivity contribution < 1.29 is 4.42 Å². The molecule has 7 aromatic carbocycles. The minimum absolute atomic E-state index is 0.00133. The second-order valence-electron chi connectivity index (χ2n) is 29.6. The number of furan rings is 1. The third kappa shape index (κ3) is 7.51. The van der Waals surface area contributed by atoms with E-state index in [-0.39, 0.29) is 44.6 Å². The zero-order chi connectivity index (χ0) is 54.5. The second-order valence-corrected chi connectivity index (χ2v) is 29.6. The minimum Gasteiger partial charge on any atom is -0.468 e. The number of hydrogen-bond acceptors (Lipinski definition) is 3. The summed E-state index contributed by atoms with van der Waals surface area (Å²) in [6.07, 6.45) is 4.58. The van der Waals surface area contributed by atoms with E-state index in [9.17, 15) is 0 Å². The van der Waals surface area contributed by atoms with Crippen LogP contribution in [0.1, 0.15) is 182 Å². The molecule has 392 valence electrons. The van der Waals surface area contributed by atoms with Crippen LogP contribution in [0, 0.1) is 0 Å². The standard InChI is InChI=1S/C72H80BN3O/c1-66(2,3)43-26-29-59-56(37-43)73-63-60(75(59)47-35-44(67(4,5)6)34-45(36-47)68(7,8)9)39-48(74-57-24-20-18-22-49(57)50-23-19-21-25-58(50)74)40-61(63)76(46-27-28-52-53(38-46)70(12,13)31-30-69(52,10)11)64-51-41-54-55(42-62(51)77-65(64)73)72(16,17)33-32-71(54,14)15/h18-29,34-42H,30-33H2,1-17H3. The van der Waals surface area contributed by atoms with Crippen molar-refractivity contribution in [3.8, 4) is 5.69 Å². The Morgan fingerprint density at radius 1 is 0.416 bits per heavy atom. The number of benzene rings is 7. The van der Waals surface area contributed by atoms with Crippen LogP contribution in [0.15, 0.2) is 132 Å². The van der Waals surface area contributed by atoms with E-state index in [0.717, 1.165) is 36.2 Å². The Balaban J connectivity index is 1.23. The third-order valence-electron chi connectivity index (χ3n) is 19.3. The van der Waals surface area contributed by atoms with Crippen molar-refractivity contribution in [1.82, 2.24) is 4.57 Å². The molecule has 2 aliphatic heterocycles. The van der Waals surface area contributed by atoms with Crippen LogP contribution < -0.4 is 26.4 Å². The lowest BCUT2D eigenvalue weighted by Gasteiger charge is -2.45. The van der Waals surface area contributed by atoms with Gasteiger partial charge in [0.15, 0.2) is 0 Å². The van der Waals surface area contributed by atoms with Gasteiger partial charge in [0.2, 0.25) is 0 Å². The van der Waals surface area contributed by atoms with E-state index in [0.29, 0.717) is 0 Å². The van der Waals surface area contributed by atoms with Gasteiger partial charge in [0.25, 0.3) is 6.71 Å². The van der Waals surface area contributed by atoms with Crippen LogP contribution in [0.4, 0.5) is 34.1 Å². The maximum Gasteiger partial charge on any atom is 0.297 e. The highest BCUT2D eigenvalue weighted by molar-refractivity contribution is 7.00. The summed E-state index contributed by atoms with van der Waals surface area (Å²) < 4.78 is 10.4. The fraction of sp³-hybridized carbons (Fsp3) is 0.389. The molecule has 4 aliphatic rings. The Morgan fingerprint density at radius 2 is 0.922 bits per heavy atom. The summed E-state index contributed by atoms with van der Waals surface area (Å²) in [4.78, 5) is 5.31. The van der Waals surface area contributed by atoms with Gasteiger partial charge < -0.3 is 18.8 Å². The van der Waals surface area contributed by atoms with E-state index >= 15 is 0 Å². The first-order chi connectivity index (χ1) is 36.0. The molecule has 2 aliphatic carbocycles. The fourth-order valence-electron chi connectivity index (χ4n) is 14.2. The van der Waals surface area contributed by atoms with E-state index in [4.69, 9.17) is 4.42 Å². The molecule has 9 aromatic rings. The predicted molar refractivity (Wildman–Crippen MR) is 331 cm³/mol. The highest BCUT2D eigenvalue weighted by atomic mass is 16.3. The lowest BCUT2D eigenvalue weighted by Crippen LogP contribution is -2.61. The zero-order valence-corrected chi connectivity index (χ0v) is 49.3.